The summed E-state index contributed by atoms with van der Waals surface area (Å²) in [6.45, 7) is 0. The minimum Gasteiger partial charge on any atom is -0.464 e. The molecule has 0 aliphatic rings. The Kier molecular flexibility index (Phi) is 3.41. The third-order valence-corrected chi connectivity index (χ3v) is 3.32. The van der Waals surface area contributed by atoms with Crippen molar-refractivity contribution >= 4 is 28.6 Å². The number of carbonyl (C=O) groups excluding carboxylic acids is 1. The summed E-state index contributed by atoms with van der Waals surface area (Å²) in [6, 6.07) is 3.73. The molecule has 0 aliphatic heterocycles. The quantitative estimate of drug-likeness (QED) is 0.617. The van der Waals surface area contributed by atoms with E-state index in [-0.39, 0.29) is 5.97 Å². The van der Waals surface area contributed by atoms with Gasteiger partial charge in [0.15, 0.2) is 5.69 Å². The van der Waals surface area contributed by atoms with Crippen LogP contribution in [0.5, 0.6) is 0 Å². The van der Waals surface area contributed by atoms with E-state index in [2.05, 4.69) is 32.7 Å². The first-order chi connectivity index (χ1) is 8.15. The molecule has 0 atom stereocenters. The van der Waals surface area contributed by atoms with Gasteiger partial charge < -0.3 is 4.74 Å². The number of hydrogen-bond acceptors (Lipinski definition) is 4. The Bertz CT molecular complexity index is 551. The van der Waals surface area contributed by atoms with Crippen molar-refractivity contribution in [3.05, 3.63) is 33.8 Å². The molecule has 0 bridgehead atoms. The fourth-order valence-electron chi connectivity index (χ4n) is 1.50. The molecular weight excluding hydrogens is 333 g/mol. The fraction of sp³-hybridized carbons (Fsp3) is 0.182. The summed E-state index contributed by atoms with van der Waals surface area (Å²) in [4.78, 5) is 15.6. The highest BCUT2D eigenvalue weighted by atomic mass is 127. The number of halogens is 1. The predicted octanol–water partition coefficient (Wildman–Crippen LogP) is 1.87. The Labute approximate surface area is 112 Å². The number of pyridine rings is 1. The first-order valence-electron chi connectivity index (χ1n) is 4.86. The van der Waals surface area contributed by atoms with Gasteiger partial charge in [-0.1, -0.05) is 0 Å². The van der Waals surface area contributed by atoms with E-state index >= 15 is 0 Å². The molecule has 6 heteroatoms. The summed E-state index contributed by atoms with van der Waals surface area (Å²) in [7, 11) is 3.07. The smallest absolute Gasteiger partial charge is 0.357 e. The molecular formula is C11H10IN3O2. The number of aromatic nitrogens is 3. The average molecular weight is 343 g/mol. The van der Waals surface area contributed by atoms with Crippen molar-refractivity contribution in [2.75, 3.05) is 7.11 Å². The van der Waals surface area contributed by atoms with Gasteiger partial charge in [-0.2, -0.15) is 5.10 Å². The number of nitrogens with zero attached hydrogens (tertiary/aromatic N) is 3. The van der Waals surface area contributed by atoms with Gasteiger partial charge >= 0.3 is 5.97 Å². The second-order valence-corrected chi connectivity index (χ2v) is 4.45. The van der Waals surface area contributed by atoms with Gasteiger partial charge in [-0.05, 0) is 34.7 Å². The third-order valence-electron chi connectivity index (χ3n) is 2.30. The van der Waals surface area contributed by atoms with Crippen molar-refractivity contribution in [2.24, 2.45) is 7.05 Å². The number of carbonyl (C=O) groups is 1. The van der Waals surface area contributed by atoms with Crippen LogP contribution in [0.2, 0.25) is 0 Å². The summed E-state index contributed by atoms with van der Waals surface area (Å²) >= 11 is 2.09. The van der Waals surface area contributed by atoms with Gasteiger partial charge in [0.05, 0.1) is 10.7 Å². The highest BCUT2D eigenvalue weighted by molar-refractivity contribution is 14.1. The van der Waals surface area contributed by atoms with E-state index in [9.17, 15) is 4.79 Å². The summed E-state index contributed by atoms with van der Waals surface area (Å²) in [6.07, 6.45) is 3.41. The Balaban J connectivity index is 2.56. The number of rotatable bonds is 2. The molecule has 0 radical (unpaired) electrons. The number of ether oxygens (including phenoxy) is 1. The molecule has 2 rings (SSSR count). The molecule has 0 aromatic carbocycles. The Morgan fingerprint density at radius 1 is 1.53 bits per heavy atom. The topological polar surface area (TPSA) is 57.0 Å². The first-order valence-corrected chi connectivity index (χ1v) is 5.94. The van der Waals surface area contributed by atoms with E-state index in [4.69, 9.17) is 4.74 Å². The van der Waals surface area contributed by atoms with Crippen LogP contribution >= 0.6 is 22.6 Å². The van der Waals surface area contributed by atoms with Gasteiger partial charge in [-0.15, -0.1) is 0 Å². The van der Waals surface area contributed by atoms with E-state index in [1.807, 2.05) is 12.1 Å². The molecule has 2 heterocycles. The van der Waals surface area contributed by atoms with Crippen molar-refractivity contribution in [3.8, 4) is 11.3 Å². The monoisotopic (exact) mass is 343 g/mol. The zero-order chi connectivity index (χ0) is 12.4. The van der Waals surface area contributed by atoms with Crippen molar-refractivity contribution in [3.63, 3.8) is 0 Å². The lowest BCUT2D eigenvalue weighted by molar-refractivity contribution is 0.0587. The van der Waals surface area contributed by atoms with Gasteiger partial charge in [0.2, 0.25) is 0 Å². The molecule has 2 aromatic heterocycles. The van der Waals surface area contributed by atoms with Crippen molar-refractivity contribution in [2.45, 2.75) is 0 Å². The summed E-state index contributed by atoms with van der Waals surface area (Å²) in [5, 5.41) is 4.32. The molecule has 88 valence electrons. The normalized spacial score (nSPS) is 10.3. The van der Waals surface area contributed by atoms with Crippen LogP contribution in [0, 0.1) is 3.57 Å². The number of hydrogen-bond donors (Lipinski definition) is 0. The van der Waals surface area contributed by atoms with Gasteiger partial charge in [0, 0.05) is 25.0 Å². The van der Waals surface area contributed by atoms with Crippen LogP contribution in [0.4, 0.5) is 0 Å². The van der Waals surface area contributed by atoms with Crippen LogP contribution in [-0.4, -0.2) is 27.8 Å². The van der Waals surface area contributed by atoms with Crippen LogP contribution in [-0.2, 0) is 11.8 Å². The lowest BCUT2D eigenvalue weighted by Gasteiger charge is -1.99. The van der Waals surface area contributed by atoms with Crippen LogP contribution in [0.25, 0.3) is 11.3 Å². The summed E-state index contributed by atoms with van der Waals surface area (Å²) in [5.74, 6) is -0.389. The van der Waals surface area contributed by atoms with Crippen molar-refractivity contribution in [1.29, 1.82) is 0 Å². The molecule has 0 fully saturated rings. The van der Waals surface area contributed by atoms with Crippen LogP contribution in [0.15, 0.2) is 24.5 Å². The molecule has 0 N–H and O–H groups in total. The summed E-state index contributed by atoms with van der Waals surface area (Å²) < 4.78 is 7.02. The summed E-state index contributed by atoms with van der Waals surface area (Å²) in [5.41, 5.74) is 2.07. The zero-order valence-corrected chi connectivity index (χ0v) is 11.5. The van der Waals surface area contributed by atoms with Crippen molar-refractivity contribution in [1.82, 2.24) is 14.8 Å². The van der Waals surface area contributed by atoms with Gasteiger partial charge in [0.1, 0.15) is 5.69 Å². The maximum Gasteiger partial charge on any atom is 0.357 e. The molecule has 0 aliphatic carbocycles. The van der Waals surface area contributed by atoms with Gasteiger partial charge in [-0.3, -0.25) is 9.67 Å². The van der Waals surface area contributed by atoms with E-state index in [1.165, 1.54) is 11.8 Å². The molecule has 0 saturated carbocycles. The zero-order valence-electron chi connectivity index (χ0n) is 9.35. The molecule has 2 aromatic rings. The number of aryl methyl sites for hydroxylation is 1. The van der Waals surface area contributed by atoms with E-state index in [1.54, 1.807) is 19.4 Å². The third kappa shape index (κ3) is 2.17. The Hall–Kier alpha value is -1.44. The van der Waals surface area contributed by atoms with Crippen molar-refractivity contribution < 1.29 is 9.53 Å². The minimum absolute atomic E-state index is 0.389. The first kappa shape index (κ1) is 12.0. The average Bonchev–Trinajstić information content (AvgIpc) is 2.65. The van der Waals surface area contributed by atoms with E-state index < -0.39 is 0 Å². The maximum absolute atomic E-state index is 11.6. The minimum atomic E-state index is -0.389. The molecule has 0 amide bonds. The van der Waals surface area contributed by atoms with Gasteiger partial charge in [0.25, 0.3) is 0 Å². The molecule has 5 nitrogen and oxygen atoms in total. The van der Waals surface area contributed by atoms with E-state index in [0.717, 1.165) is 14.8 Å². The van der Waals surface area contributed by atoms with Crippen LogP contribution in [0.1, 0.15) is 10.5 Å². The Morgan fingerprint density at radius 3 is 2.88 bits per heavy atom. The highest BCUT2D eigenvalue weighted by Crippen LogP contribution is 2.26. The largest absolute Gasteiger partial charge is 0.464 e. The molecule has 0 spiro atoms. The molecule has 0 unspecified atom stereocenters. The second-order valence-electron chi connectivity index (χ2n) is 3.37. The fourth-order valence-corrected chi connectivity index (χ4v) is 2.49. The number of esters is 1. The lowest BCUT2D eigenvalue weighted by atomic mass is 10.2. The molecule has 0 saturated heterocycles. The van der Waals surface area contributed by atoms with Crippen LogP contribution < -0.4 is 0 Å². The standard InChI is InChI=1S/C11H10IN3O2/c1-15-10(11(16)17-2)8(12)9(14-15)7-4-3-5-13-6-7/h3-6H,1-2H3. The van der Waals surface area contributed by atoms with Crippen LogP contribution in [0.3, 0.4) is 0 Å². The highest BCUT2D eigenvalue weighted by Gasteiger charge is 2.21. The number of methoxy groups -OCH3 is 1. The SMILES string of the molecule is COC(=O)c1c(I)c(-c2cccnc2)nn1C. The maximum atomic E-state index is 11.6. The van der Waals surface area contributed by atoms with E-state index in [0.29, 0.717) is 5.69 Å². The lowest BCUT2D eigenvalue weighted by Crippen LogP contribution is -2.09. The molecule has 17 heavy (non-hydrogen) atoms. The second kappa shape index (κ2) is 4.82. The Morgan fingerprint density at radius 2 is 2.29 bits per heavy atom. The van der Waals surface area contributed by atoms with Gasteiger partial charge in [-0.25, -0.2) is 4.79 Å². The predicted molar refractivity (Wildman–Crippen MR) is 70.5 cm³/mol.